The predicted octanol–water partition coefficient (Wildman–Crippen LogP) is 2.85. The molecule has 0 atom stereocenters. The van der Waals surface area contributed by atoms with E-state index in [1.165, 1.54) is 12.7 Å². The number of alkyl halides is 1. The molecule has 0 radical (unpaired) electrons. The third kappa shape index (κ3) is 3.20. The Balaban J connectivity index is 2.80. The number of esters is 1. The molecule has 0 heterocycles. The summed E-state index contributed by atoms with van der Waals surface area (Å²) in [5, 5.41) is 0.775. The first-order valence-electron chi connectivity index (χ1n) is 4.58. The maximum Gasteiger partial charge on any atom is 0.333 e. The van der Waals surface area contributed by atoms with Crippen LogP contribution in [-0.4, -0.2) is 13.1 Å². The highest BCUT2D eigenvalue weighted by Crippen LogP contribution is 2.16. The van der Waals surface area contributed by atoms with E-state index in [1.807, 2.05) is 24.3 Å². The Hall–Kier alpha value is -1.09. The number of carbonyl (C=O) groups excluding carboxylic acids is 1. The quantitative estimate of drug-likeness (QED) is 0.477. The van der Waals surface area contributed by atoms with Crippen molar-refractivity contribution in [1.29, 1.82) is 0 Å². The molecule has 80 valence electrons. The van der Waals surface area contributed by atoms with Crippen LogP contribution < -0.4 is 0 Å². The fraction of sp³-hybridized carbons (Fsp3) is 0.250. The molecule has 0 aliphatic rings. The Labute approximate surface area is 98.1 Å². The molecule has 0 aliphatic carbocycles. The van der Waals surface area contributed by atoms with Crippen LogP contribution in [0.25, 0.3) is 0 Å². The number of rotatable bonds is 4. The zero-order valence-corrected chi connectivity index (χ0v) is 10.2. The SMILES string of the molecule is C=C(Cc1ccccc1CBr)C(=O)OC. The van der Waals surface area contributed by atoms with Gasteiger partial charge in [0.15, 0.2) is 0 Å². The molecular formula is C12H13BrO2. The van der Waals surface area contributed by atoms with Crippen LogP contribution in [0, 0.1) is 0 Å². The molecule has 0 aliphatic heterocycles. The van der Waals surface area contributed by atoms with E-state index >= 15 is 0 Å². The molecule has 0 fully saturated rings. The zero-order chi connectivity index (χ0) is 11.3. The maximum atomic E-state index is 11.2. The predicted molar refractivity (Wildman–Crippen MR) is 63.9 cm³/mol. The summed E-state index contributed by atoms with van der Waals surface area (Å²) in [6.45, 7) is 3.71. The molecule has 0 aromatic heterocycles. The number of carbonyl (C=O) groups is 1. The molecule has 0 saturated carbocycles. The number of methoxy groups -OCH3 is 1. The van der Waals surface area contributed by atoms with Crippen molar-refractivity contribution in [1.82, 2.24) is 0 Å². The number of benzene rings is 1. The summed E-state index contributed by atoms with van der Waals surface area (Å²) >= 11 is 3.41. The normalized spacial score (nSPS) is 9.73. The Morgan fingerprint density at radius 2 is 2.00 bits per heavy atom. The van der Waals surface area contributed by atoms with Crippen LogP contribution in [-0.2, 0) is 21.3 Å². The molecule has 1 aromatic carbocycles. The molecule has 0 bridgehead atoms. The third-order valence-electron chi connectivity index (χ3n) is 2.14. The standard InChI is InChI=1S/C12H13BrO2/c1-9(12(14)15-2)7-10-5-3-4-6-11(10)8-13/h3-6H,1,7-8H2,2H3. The van der Waals surface area contributed by atoms with Crippen molar-refractivity contribution in [2.24, 2.45) is 0 Å². The van der Waals surface area contributed by atoms with Gasteiger partial charge in [0.25, 0.3) is 0 Å². The van der Waals surface area contributed by atoms with E-state index in [-0.39, 0.29) is 5.97 Å². The van der Waals surface area contributed by atoms with Gasteiger partial charge in [0.2, 0.25) is 0 Å². The summed E-state index contributed by atoms with van der Waals surface area (Å²) in [5.74, 6) is -0.348. The molecular weight excluding hydrogens is 256 g/mol. The summed E-state index contributed by atoms with van der Waals surface area (Å²) in [7, 11) is 1.36. The van der Waals surface area contributed by atoms with Gasteiger partial charge < -0.3 is 4.74 Å². The van der Waals surface area contributed by atoms with E-state index in [4.69, 9.17) is 0 Å². The summed E-state index contributed by atoms with van der Waals surface area (Å²) in [6.07, 6.45) is 0.536. The van der Waals surface area contributed by atoms with Crippen LogP contribution >= 0.6 is 15.9 Å². The smallest absolute Gasteiger partial charge is 0.333 e. The molecule has 0 N–H and O–H groups in total. The number of ether oxygens (including phenoxy) is 1. The van der Waals surface area contributed by atoms with Gasteiger partial charge in [0.1, 0.15) is 0 Å². The lowest BCUT2D eigenvalue weighted by Gasteiger charge is -2.07. The average molecular weight is 269 g/mol. The van der Waals surface area contributed by atoms with Crippen LogP contribution in [0.5, 0.6) is 0 Å². The third-order valence-corrected chi connectivity index (χ3v) is 2.74. The fourth-order valence-corrected chi connectivity index (χ4v) is 1.85. The Bertz CT molecular complexity index is 372. The van der Waals surface area contributed by atoms with Gasteiger partial charge in [-0.2, -0.15) is 0 Å². The minimum Gasteiger partial charge on any atom is -0.466 e. The number of halogens is 1. The van der Waals surface area contributed by atoms with Crippen molar-refractivity contribution in [3.8, 4) is 0 Å². The van der Waals surface area contributed by atoms with Gasteiger partial charge in [0.05, 0.1) is 7.11 Å². The Kier molecular flexibility index (Phi) is 4.56. The van der Waals surface area contributed by atoms with Gasteiger partial charge in [-0.1, -0.05) is 46.8 Å². The number of hydrogen-bond acceptors (Lipinski definition) is 2. The molecule has 0 saturated heterocycles. The van der Waals surface area contributed by atoms with Crippen molar-refractivity contribution in [3.63, 3.8) is 0 Å². The highest BCUT2D eigenvalue weighted by molar-refractivity contribution is 9.08. The molecule has 2 nitrogen and oxygen atoms in total. The topological polar surface area (TPSA) is 26.3 Å². The second kappa shape index (κ2) is 5.71. The molecule has 0 amide bonds. The molecule has 3 heteroatoms. The van der Waals surface area contributed by atoms with Crippen LogP contribution in [0.4, 0.5) is 0 Å². The minimum atomic E-state index is -0.348. The van der Waals surface area contributed by atoms with Gasteiger partial charge in [-0.05, 0) is 11.1 Å². The summed E-state index contributed by atoms with van der Waals surface area (Å²) in [4.78, 5) is 11.2. The lowest BCUT2D eigenvalue weighted by atomic mass is 10.0. The van der Waals surface area contributed by atoms with E-state index in [1.54, 1.807) is 0 Å². The first kappa shape index (κ1) is 12.0. The van der Waals surface area contributed by atoms with Crippen LogP contribution in [0.15, 0.2) is 36.4 Å². The van der Waals surface area contributed by atoms with E-state index in [0.717, 1.165) is 10.9 Å². The maximum absolute atomic E-state index is 11.2. The second-order valence-corrected chi connectivity index (χ2v) is 3.73. The fourth-order valence-electron chi connectivity index (χ4n) is 1.31. The molecule has 15 heavy (non-hydrogen) atoms. The van der Waals surface area contributed by atoms with Crippen LogP contribution in [0.1, 0.15) is 11.1 Å². The van der Waals surface area contributed by atoms with Crippen molar-refractivity contribution >= 4 is 21.9 Å². The lowest BCUT2D eigenvalue weighted by Crippen LogP contribution is -2.07. The van der Waals surface area contributed by atoms with E-state index in [0.29, 0.717) is 12.0 Å². The number of hydrogen-bond donors (Lipinski definition) is 0. The molecule has 1 aromatic rings. The largest absolute Gasteiger partial charge is 0.466 e. The van der Waals surface area contributed by atoms with Crippen molar-refractivity contribution in [3.05, 3.63) is 47.5 Å². The highest BCUT2D eigenvalue weighted by atomic mass is 79.9. The Morgan fingerprint density at radius 1 is 1.40 bits per heavy atom. The highest BCUT2D eigenvalue weighted by Gasteiger charge is 2.09. The molecule has 0 unspecified atom stereocenters. The van der Waals surface area contributed by atoms with Gasteiger partial charge in [-0.25, -0.2) is 4.79 Å². The summed E-state index contributed by atoms with van der Waals surface area (Å²) < 4.78 is 4.61. The van der Waals surface area contributed by atoms with Crippen LogP contribution in [0.2, 0.25) is 0 Å². The van der Waals surface area contributed by atoms with Crippen LogP contribution in [0.3, 0.4) is 0 Å². The summed E-state index contributed by atoms with van der Waals surface area (Å²) in [5.41, 5.74) is 2.75. The van der Waals surface area contributed by atoms with Crippen molar-refractivity contribution in [2.45, 2.75) is 11.8 Å². The van der Waals surface area contributed by atoms with Crippen molar-refractivity contribution < 1.29 is 9.53 Å². The van der Waals surface area contributed by atoms with Gasteiger partial charge >= 0.3 is 5.97 Å². The second-order valence-electron chi connectivity index (χ2n) is 3.17. The van der Waals surface area contributed by atoms with Gasteiger partial charge in [-0.3, -0.25) is 0 Å². The minimum absolute atomic E-state index is 0.348. The first-order chi connectivity index (χ1) is 7.19. The monoisotopic (exact) mass is 268 g/mol. The van der Waals surface area contributed by atoms with E-state index in [9.17, 15) is 4.79 Å². The zero-order valence-electron chi connectivity index (χ0n) is 8.63. The van der Waals surface area contributed by atoms with Gasteiger partial charge in [0, 0.05) is 17.3 Å². The summed E-state index contributed by atoms with van der Waals surface area (Å²) in [6, 6.07) is 7.94. The van der Waals surface area contributed by atoms with Gasteiger partial charge in [-0.15, -0.1) is 0 Å². The first-order valence-corrected chi connectivity index (χ1v) is 5.70. The molecule has 0 spiro atoms. The van der Waals surface area contributed by atoms with Crippen molar-refractivity contribution in [2.75, 3.05) is 7.11 Å². The lowest BCUT2D eigenvalue weighted by molar-refractivity contribution is -0.136. The van der Waals surface area contributed by atoms with E-state index < -0.39 is 0 Å². The molecule has 1 rings (SSSR count). The Morgan fingerprint density at radius 3 is 2.53 bits per heavy atom. The average Bonchev–Trinajstić information content (AvgIpc) is 2.28. The van der Waals surface area contributed by atoms with E-state index in [2.05, 4.69) is 27.2 Å².